The molecule has 0 radical (unpaired) electrons. The van der Waals surface area contributed by atoms with Crippen LogP contribution in [-0.4, -0.2) is 35.3 Å². The third-order valence-electron chi connectivity index (χ3n) is 4.35. The number of hydrogen-bond acceptors (Lipinski definition) is 3. The van der Waals surface area contributed by atoms with Crippen LogP contribution in [0, 0.1) is 5.82 Å². The molecule has 0 unspecified atom stereocenters. The van der Waals surface area contributed by atoms with Gasteiger partial charge in [0.15, 0.2) is 6.10 Å². The summed E-state index contributed by atoms with van der Waals surface area (Å²) in [7, 11) is 0. The predicted molar refractivity (Wildman–Crippen MR) is 108 cm³/mol. The van der Waals surface area contributed by atoms with Crippen LogP contribution in [0.4, 0.5) is 9.18 Å². The lowest BCUT2D eigenvalue weighted by molar-refractivity contribution is 0.0586. The van der Waals surface area contributed by atoms with E-state index in [0.29, 0.717) is 24.5 Å². The van der Waals surface area contributed by atoms with Gasteiger partial charge >= 0.3 is 6.03 Å². The number of oxime groups is 1. The second-order valence-electron chi connectivity index (χ2n) is 7.05. The lowest BCUT2D eigenvalue weighted by atomic mass is 10.0. The van der Waals surface area contributed by atoms with Crippen LogP contribution < -0.4 is 5.32 Å². The van der Waals surface area contributed by atoms with Gasteiger partial charge in [0, 0.05) is 24.0 Å². The van der Waals surface area contributed by atoms with Crippen LogP contribution in [0.2, 0.25) is 5.02 Å². The number of hydrogen-bond donors (Lipinski definition) is 1. The van der Waals surface area contributed by atoms with Gasteiger partial charge < -0.3 is 15.1 Å². The Morgan fingerprint density at radius 1 is 1.29 bits per heavy atom. The van der Waals surface area contributed by atoms with Crippen molar-refractivity contribution < 1.29 is 14.0 Å². The highest BCUT2D eigenvalue weighted by Gasteiger charge is 2.27. The maximum Gasteiger partial charge on any atom is 0.318 e. The van der Waals surface area contributed by atoms with Crippen molar-refractivity contribution >= 4 is 23.3 Å². The lowest BCUT2D eigenvalue weighted by Gasteiger charge is -2.26. The molecular formula is C21H23ClFN3O2. The van der Waals surface area contributed by atoms with E-state index in [0.717, 1.165) is 16.8 Å². The van der Waals surface area contributed by atoms with E-state index in [4.69, 9.17) is 16.4 Å². The molecule has 1 aliphatic heterocycles. The topological polar surface area (TPSA) is 53.9 Å². The minimum atomic E-state index is -0.295. The van der Waals surface area contributed by atoms with Crippen LogP contribution in [0.25, 0.3) is 0 Å². The molecule has 2 aromatic rings. The normalized spacial score (nSPS) is 15.9. The standard InChI is InChI=1S/C21H23ClFN3O2/c1-14(2)24-21(27)26(12-16-5-3-4-6-19(16)22)13-18-11-20(25-28-18)15-7-9-17(23)10-8-15/h3-10,14,18H,11-13H2,1-2H3,(H,24,27)/t18-/m0/s1. The summed E-state index contributed by atoms with van der Waals surface area (Å²) < 4.78 is 13.1. The van der Waals surface area contributed by atoms with Crippen molar-refractivity contribution in [2.24, 2.45) is 5.16 Å². The zero-order valence-electron chi connectivity index (χ0n) is 15.9. The molecule has 0 aromatic heterocycles. The molecule has 0 spiro atoms. The fourth-order valence-corrected chi connectivity index (χ4v) is 3.17. The van der Waals surface area contributed by atoms with Gasteiger partial charge in [0.25, 0.3) is 0 Å². The Morgan fingerprint density at radius 3 is 2.68 bits per heavy atom. The molecule has 1 atom stereocenters. The monoisotopic (exact) mass is 403 g/mol. The summed E-state index contributed by atoms with van der Waals surface area (Å²) in [6.07, 6.45) is 0.264. The summed E-state index contributed by atoms with van der Waals surface area (Å²) in [4.78, 5) is 19.9. The molecule has 7 heteroatoms. The Bertz CT molecular complexity index is 855. The van der Waals surface area contributed by atoms with E-state index in [2.05, 4.69) is 10.5 Å². The molecule has 0 saturated heterocycles. The number of rotatable bonds is 6. The van der Waals surface area contributed by atoms with Crippen molar-refractivity contribution in [1.82, 2.24) is 10.2 Å². The van der Waals surface area contributed by atoms with E-state index >= 15 is 0 Å². The third-order valence-corrected chi connectivity index (χ3v) is 4.72. The molecule has 1 aliphatic rings. The number of carbonyl (C=O) groups is 1. The summed E-state index contributed by atoms with van der Waals surface area (Å²) in [5.41, 5.74) is 2.42. The maximum atomic E-state index is 13.1. The summed E-state index contributed by atoms with van der Waals surface area (Å²) in [5.74, 6) is -0.295. The van der Waals surface area contributed by atoms with Crippen molar-refractivity contribution in [3.8, 4) is 0 Å². The number of urea groups is 1. The minimum Gasteiger partial charge on any atom is -0.390 e. The summed E-state index contributed by atoms with van der Waals surface area (Å²) in [6, 6.07) is 13.4. The number of halogens is 2. The molecule has 1 heterocycles. The summed E-state index contributed by atoms with van der Waals surface area (Å²) in [5, 5.41) is 7.65. The largest absolute Gasteiger partial charge is 0.390 e. The molecule has 2 amide bonds. The lowest BCUT2D eigenvalue weighted by Crippen LogP contribution is -2.45. The van der Waals surface area contributed by atoms with Crippen LogP contribution in [0.5, 0.6) is 0 Å². The van der Waals surface area contributed by atoms with E-state index in [1.165, 1.54) is 12.1 Å². The van der Waals surface area contributed by atoms with Gasteiger partial charge in [-0.15, -0.1) is 0 Å². The fourth-order valence-electron chi connectivity index (χ4n) is 2.97. The summed E-state index contributed by atoms with van der Waals surface area (Å²) in [6.45, 7) is 4.54. The molecule has 5 nitrogen and oxygen atoms in total. The number of amides is 2. The minimum absolute atomic E-state index is 0.0109. The second kappa shape index (κ2) is 9.06. The highest BCUT2D eigenvalue weighted by atomic mass is 35.5. The molecule has 0 fully saturated rings. The van der Waals surface area contributed by atoms with Crippen LogP contribution in [0.15, 0.2) is 53.7 Å². The van der Waals surface area contributed by atoms with Gasteiger partial charge in [-0.05, 0) is 43.2 Å². The molecule has 148 valence electrons. The van der Waals surface area contributed by atoms with Gasteiger partial charge in [0.2, 0.25) is 0 Å². The molecule has 28 heavy (non-hydrogen) atoms. The van der Waals surface area contributed by atoms with Gasteiger partial charge in [0.05, 0.1) is 12.3 Å². The first-order valence-corrected chi connectivity index (χ1v) is 9.57. The van der Waals surface area contributed by atoms with Gasteiger partial charge in [-0.25, -0.2) is 9.18 Å². The van der Waals surface area contributed by atoms with Crippen molar-refractivity contribution in [3.63, 3.8) is 0 Å². The van der Waals surface area contributed by atoms with Crippen LogP contribution in [-0.2, 0) is 11.4 Å². The Balaban J connectivity index is 1.68. The molecule has 0 saturated carbocycles. The molecule has 3 rings (SSSR count). The van der Waals surface area contributed by atoms with Crippen molar-refractivity contribution in [2.75, 3.05) is 6.54 Å². The third kappa shape index (κ3) is 5.23. The van der Waals surface area contributed by atoms with Gasteiger partial charge in [0.1, 0.15) is 5.82 Å². The summed E-state index contributed by atoms with van der Waals surface area (Å²) >= 11 is 6.27. The molecule has 0 aliphatic carbocycles. The average molecular weight is 404 g/mol. The van der Waals surface area contributed by atoms with Crippen molar-refractivity contribution in [2.45, 2.75) is 39.0 Å². The Hall–Kier alpha value is -2.60. The number of nitrogens with zero attached hydrogens (tertiary/aromatic N) is 2. The number of carbonyl (C=O) groups excluding carboxylic acids is 1. The Kier molecular flexibility index (Phi) is 6.52. The molecule has 2 aromatic carbocycles. The highest BCUT2D eigenvalue weighted by Crippen LogP contribution is 2.21. The first kappa shape index (κ1) is 20.1. The van der Waals surface area contributed by atoms with Gasteiger partial charge in [-0.2, -0.15) is 0 Å². The predicted octanol–water partition coefficient (Wildman–Crippen LogP) is 4.59. The van der Waals surface area contributed by atoms with E-state index in [9.17, 15) is 9.18 Å². The first-order chi connectivity index (χ1) is 13.4. The number of benzene rings is 2. The van der Waals surface area contributed by atoms with Gasteiger partial charge in [-0.3, -0.25) is 0 Å². The SMILES string of the molecule is CC(C)NC(=O)N(Cc1ccccc1Cl)C[C@@H]1CC(c2ccc(F)cc2)=NO1. The number of nitrogens with one attached hydrogen (secondary N) is 1. The van der Waals surface area contributed by atoms with Crippen LogP contribution in [0.3, 0.4) is 0 Å². The van der Waals surface area contributed by atoms with Crippen molar-refractivity contribution in [1.29, 1.82) is 0 Å². The fraction of sp³-hybridized carbons (Fsp3) is 0.333. The van der Waals surface area contributed by atoms with E-state index in [1.807, 2.05) is 32.0 Å². The van der Waals surface area contributed by atoms with Crippen LogP contribution in [0.1, 0.15) is 31.4 Å². The second-order valence-corrected chi connectivity index (χ2v) is 7.46. The van der Waals surface area contributed by atoms with Gasteiger partial charge in [-0.1, -0.05) is 47.1 Å². The van der Waals surface area contributed by atoms with Crippen LogP contribution >= 0.6 is 11.6 Å². The van der Waals surface area contributed by atoms with E-state index in [-0.39, 0.29) is 24.0 Å². The van der Waals surface area contributed by atoms with E-state index in [1.54, 1.807) is 23.1 Å². The quantitative estimate of drug-likeness (QED) is 0.766. The molecular weight excluding hydrogens is 381 g/mol. The Labute approximate surface area is 169 Å². The van der Waals surface area contributed by atoms with E-state index < -0.39 is 0 Å². The zero-order valence-corrected chi connectivity index (χ0v) is 16.6. The molecule has 1 N–H and O–H groups in total. The van der Waals surface area contributed by atoms with Crippen molar-refractivity contribution in [3.05, 3.63) is 70.5 Å². The first-order valence-electron chi connectivity index (χ1n) is 9.20. The smallest absolute Gasteiger partial charge is 0.318 e. The molecule has 0 bridgehead atoms. The Morgan fingerprint density at radius 2 is 2.00 bits per heavy atom. The zero-order chi connectivity index (χ0) is 20.1. The highest BCUT2D eigenvalue weighted by molar-refractivity contribution is 6.31. The average Bonchev–Trinajstić information content (AvgIpc) is 3.11. The maximum absolute atomic E-state index is 13.1.